The first kappa shape index (κ1) is 22.3. The van der Waals surface area contributed by atoms with Crippen LogP contribution < -0.4 is 0 Å². The lowest BCUT2D eigenvalue weighted by Crippen LogP contribution is -2.40. The second-order valence-corrected chi connectivity index (χ2v) is 9.00. The first-order valence-electron chi connectivity index (χ1n) is 10.4. The van der Waals surface area contributed by atoms with E-state index in [1.165, 1.54) is 44.9 Å². The molecule has 148 valence electrons. The number of hydrogen-bond acceptors (Lipinski definition) is 3. The Morgan fingerprint density at radius 2 is 1.52 bits per heavy atom. The van der Waals surface area contributed by atoms with Gasteiger partial charge in [-0.25, -0.2) is 0 Å². The molecular weight excluding hydrogens is 312 g/mol. The number of rotatable bonds is 13. The van der Waals surface area contributed by atoms with Crippen LogP contribution in [0.15, 0.2) is 12.5 Å². The molecule has 1 aliphatic rings. The van der Waals surface area contributed by atoms with Gasteiger partial charge in [-0.1, -0.05) is 79.1 Å². The van der Waals surface area contributed by atoms with Gasteiger partial charge in [-0.2, -0.15) is 0 Å². The van der Waals surface area contributed by atoms with Gasteiger partial charge in [0.2, 0.25) is 0 Å². The summed E-state index contributed by atoms with van der Waals surface area (Å²) in [4.78, 5) is 0. The summed E-state index contributed by atoms with van der Waals surface area (Å²) in [6, 6.07) is 0. The Morgan fingerprint density at radius 3 is 2.00 bits per heavy atom. The summed E-state index contributed by atoms with van der Waals surface area (Å²) in [5.41, 5.74) is -0.829. The van der Waals surface area contributed by atoms with Crippen LogP contribution in [0, 0.1) is 17.8 Å². The van der Waals surface area contributed by atoms with Gasteiger partial charge in [0, 0.05) is 0 Å². The molecule has 0 aromatic heterocycles. The SMILES string of the molecule is C=C1OCC(C(C)(O)CCCC(C)CCCC(C)CCCC(C)C)O1. The van der Waals surface area contributed by atoms with Crippen LogP contribution in [0.4, 0.5) is 0 Å². The van der Waals surface area contributed by atoms with E-state index in [-0.39, 0.29) is 6.10 Å². The fourth-order valence-corrected chi connectivity index (χ4v) is 3.65. The molecule has 0 aromatic rings. The molecule has 3 nitrogen and oxygen atoms in total. The summed E-state index contributed by atoms with van der Waals surface area (Å²) < 4.78 is 10.7. The lowest BCUT2D eigenvalue weighted by Gasteiger charge is -2.28. The van der Waals surface area contributed by atoms with E-state index in [9.17, 15) is 5.11 Å². The van der Waals surface area contributed by atoms with Gasteiger partial charge in [0.15, 0.2) is 6.10 Å². The fourth-order valence-electron chi connectivity index (χ4n) is 3.65. The second kappa shape index (κ2) is 11.1. The fraction of sp³-hybridized carbons (Fsp3) is 0.909. The maximum absolute atomic E-state index is 10.6. The maximum Gasteiger partial charge on any atom is 0.272 e. The molecular formula is C22H42O3. The molecule has 1 saturated heterocycles. The highest BCUT2D eigenvalue weighted by Crippen LogP contribution is 2.29. The Balaban J connectivity index is 2.08. The third-order valence-electron chi connectivity index (χ3n) is 5.62. The van der Waals surface area contributed by atoms with Crippen LogP contribution in [0.3, 0.4) is 0 Å². The Hall–Kier alpha value is -0.700. The second-order valence-electron chi connectivity index (χ2n) is 9.00. The first-order valence-corrected chi connectivity index (χ1v) is 10.4. The van der Waals surface area contributed by atoms with Crippen molar-refractivity contribution in [3.8, 4) is 0 Å². The quantitative estimate of drug-likeness (QED) is 0.437. The number of hydrogen-bond donors (Lipinski definition) is 1. The van der Waals surface area contributed by atoms with E-state index in [0.717, 1.165) is 30.6 Å². The molecule has 25 heavy (non-hydrogen) atoms. The Bertz CT molecular complexity index is 375. The van der Waals surface area contributed by atoms with Crippen LogP contribution in [0.2, 0.25) is 0 Å². The van der Waals surface area contributed by atoms with Crippen molar-refractivity contribution in [1.29, 1.82) is 0 Å². The topological polar surface area (TPSA) is 38.7 Å². The maximum atomic E-state index is 10.6. The van der Waals surface area contributed by atoms with Crippen LogP contribution in [-0.2, 0) is 9.47 Å². The summed E-state index contributed by atoms with van der Waals surface area (Å²) in [7, 11) is 0. The molecule has 0 radical (unpaired) electrons. The van der Waals surface area contributed by atoms with Crippen LogP contribution in [0.1, 0.15) is 92.4 Å². The van der Waals surface area contributed by atoms with Crippen molar-refractivity contribution in [3.05, 3.63) is 12.5 Å². The zero-order valence-electron chi connectivity index (χ0n) is 17.4. The minimum Gasteiger partial charge on any atom is -0.462 e. The van der Waals surface area contributed by atoms with Gasteiger partial charge in [0.1, 0.15) is 12.2 Å². The summed E-state index contributed by atoms with van der Waals surface area (Å²) in [6.07, 6.45) is 10.8. The Kier molecular flexibility index (Phi) is 9.92. The van der Waals surface area contributed by atoms with Crippen LogP contribution >= 0.6 is 0 Å². The summed E-state index contributed by atoms with van der Waals surface area (Å²) >= 11 is 0. The summed E-state index contributed by atoms with van der Waals surface area (Å²) in [6.45, 7) is 15.3. The first-order chi connectivity index (χ1) is 11.7. The molecule has 0 spiro atoms. The highest BCUT2D eigenvalue weighted by Gasteiger charge is 2.38. The Morgan fingerprint density at radius 1 is 1.00 bits per heavy atom. The minimum absolute atomic E-state index is 0.276. The van der Waals surface area contributed by atoms with Crippen molar-refractivity contribution < 1.29 is 14.6 Å². The van der Waals surface area contributed by atoms with E-state index in [1.54, 1.807) is 0 Å². The van der Waals surface area contributed by atoms with Crippen molar-refractivity contribution in [2.24, 2.45) is 17.8 Å². The minimum atomic E-state index is -0.829. The summed E-state index contributed by atoms with van der Waals surface area (Å²) in [5, 5.41) is 10.6. The van der Waals surface area contributed by atoms with E-state index in [2.05, 4.69) is 34.3 Å². The molecule has 0 saturated carbocycles. The van der Waals surface area contributed by atoms with Gasteiger partial charge in [0.25, 0.3) is 5.95 Å². The number of ether oxygens (including phenoxy) is 2. The normalized spacial score (nSPS) is 22.4. The molecule has 1 aliphatic heterocycles. The number of aliphatic hydroxyl groups is 1. The molecule has 4 atom stereocenters. The molecule has 0 bridgehead atoms. The smallest absolute Gasteiger partial charge is 0.272 e. The van der Waals surface area contributed by atoms with E-state index in [4.69, 9.17) is 9.47 Å². The zero-order valence-corrected chi connectivity index (χ0v) is 17.4. The highest BCUT2D eigenvalue weighted by atomic mass is 16.7. The van der Waals surface area contributed by atoms with Crippen LogP contribution in [-0.4, -0.2) is 23.4 Å². The van der Waals surface area contributed by atoms with Gasteiger partial charge in [-0.15, -0.1) is 0 Å². The predicted octanol–water partition coefficient (Wildman–Crippen LogP) is 6.06. The van der Waals surface area contributed by atoms with Crippen LogP contribution in [0.25, 0.3) is 0 Å². The average Bonchev–Trinajstić information content (AvgIpc) is 2.94. The highest BCUT2D eigenvalue weighted by molar-refractivity contribution is 4.91. The molecule has 0 aromatic carbocycles. The van der Waals surface area contributed by atoms with Crippen molar-refractivity contribution in [2.45, 2.75) is 104 Å². The molecule has 0 aliphatic carbocycles. The van der Waals surface area contributed by atoms with E-state index in [0.29, 0.717) is 12.6 Å². The molecule has 3 heteroatoms. The summed E-state index contributed by atoms with van der Waals surface area (Å²) in [5.74, 6) is 2.76. The Labute approximate surface area is 156 Å². The van der Waals surface area contributed by atoms with Gasteiger partial charge in [0.05, 0.1) is 0 Å². The monoisotopic (exact) mass is 354 g/mol. The van der Waals surface area contributed by atoms with E-state index in [1.807, 2.05) is 6.92 Å². The lowest BCUT2D eigenvalue weighted by atomic mass is 9.88. The predicted molar refractivity (Wildman–Crippen MR) is 105 cm³/mol. The lowest BCUT2D eigenvalue weighted by molar-refractivity contribution is -0.0599. The van der Waals surface area contributed by atoms with Crippen molar-refractivity contribution in [2.75, 3.05) is 6.61 Å². The van der Waals surface area contributed by atoms with Crippen molar-refractivity contribution >= 4 is 0 Å². The van der Waals surface area contributed by atoms with Gasteiger partial charge in [-0.05, 0) is 37.7 Å². The molecule has 1 rings (SSSR count). The van der Waals surface area contributed by atoms with Gasteiger partial charge < -0.3 is 14.6 Å². The van der Waals surface area contributed by atoms with E-state index < -0.39 is 5.60 Å². The van der Waals surface area contributed by atoms with Crippen molar-refractivity contribution in [1.82, 2.24) is 0 Å². The molecule has 1 heterocycles. The average molecular weight is 355 g/mol. The third-order valence-corrected chi connectivity index (χ3v) is 5.62. The van der Waals surface area contributed by atoms with Gasteiger partial charge >= 0.3 is 0 Å². The third kappa shape index (κ3) is 9.53. The largest absolute Gasteiger partial charge is 0.462 e. The molecule has 1 N–H and O–H groups in total. The van der Waals surface area contributed by atoms with E-state index >= 15 is 0 Å². The molecule has 1 fully saturated rings. The molecule has 0 amide bonds. The van der Waals surface area contributed by atoms with Crippen molar-refractivity contribution in [3.63, 3.8) is 0 Å². The zero-order chi connectivity index (χ0) is 18.9. The van der Waals surface area contributed by atoms with Crippen LogP contribution in [0.5, 0.6) is 0 Å². The molecule has 4 unspecified atom stereocenters. The standard InChI is InChI=1S/C22H42O3/c1-17(2)10-7-11-18(3)12-8-13-19(4)14-9-15-22(6,23)21-16-24-20(5)25-21/h17-19,21,23H,5,7-16H2,1-4,6H3. The van der Waals surface area contributed by atoms with Gasteiger partial charge in [-0.3, -0.25) is 0 Å².